The largest absolute Gasteiger partial charge is 0.394 e. The fourth-order valence-electron chi connectivity index (χ4n) is 11.3. The Morgan fingerprint density at radius 1 is 0.402 bits per heavy atom. The van der Waals surface area contributed by atoms with E-state index in [9.17, 15) is 45.6 Å². The van der Waals surface area contributed by atoms with Crippen molar-refractivity contribution in [2.75, 3.05) is 19.8 Å². The molecule has 1 amide bonds. The summed E-state index contributed by atoms with van der Waals surface area (Å²) in [4.78, 5) is 13.3. The molecule has 0 aromatic heterocycles. The van der Waals surface area contributed by atoms with E-state index in [0.29, 0.717) is 6.42 Å². The first-order valence-electron chi connectivity index (χ1n) is 36.8. The van der Waals surface area contributed by atoms with Gasteiger partial charge in [-0.2, -0.15) is 0 Å². The molecule has 2 rings (SSSR count). The molecule has 0 aromatic rings. The zero-order valence-electron chi connectivity index (χ0n) is 57.5. The van der Waals surface area contributed by atoms with E-state index in [2.05, 4.69) is 129 Å². The number of hydrogen-bond acceptors (Lipinski definition) is 13. The third-order valence-electron chi connectivity index (χ3n) is 17.2. The molecule has 0 saturated carbocycles. The zero-order chi connectivity index (χ0) is 66.6. The number of nitrogens with one attached hydrogen (secondary N) is 1. The Hall–Kier alpha value is -3.61. The second kappa shape index (κ2) is 61.0. The minimum atomic E-state index is -1.80. The summed E-state index contributed by atoms with van der Waals surface area (Å²) in [6, 6.07) is -0.936. The molecule has 14 heteroatoms. The van der Waals surface area contributed by atoms with Gasteiger partial charge in [0.15, 0.2) is 12.6 Å². The van der Waals surface area contributed by atoms with Gasteiger partial charge in [0.1, 0.15) is 48.8 Å². The van der Waals surface area contributed by atoms with Gasteiger partial charge < -0.3 is 65.1 Å². The number of aliphatic hydroxyl groups is 8. The summed E-state index contributed by atoms with van der Waals surface area (Å²) in [5.41, 5.74) is 0. The molecule has 0 aromatic carbocycles. The quantitative estimate of drug-likeness (QED) is 0.0204. The first kappa shape index (κ1) is 84.5. The predicted octanol–water partition coefficient (Wildman–Crippen LogP) is 15.7. The third kappa shape index (κ3) is 44.2. The Kier molecular flexibility index (Phi) is 56.0. The molecule has 0 spiro atoms. The molecule has 0 radical (unpaired) electrons. The van der Waals surface area contributed by atoms with Crippen LogP contribution >= 0.6 is 0 Å². The minimum absolute atomic E-state index is 0.251. The highest BCUT2D eigenvalue weighted by Gasteiger charge is 2.51. The number of allylic oxidation sites excluding steroid dienone is 19. The summed E-state index contributed by atoms with van der Waals surface area (Å²) < 4.78 is 22.9. The number of carbonyl (C=O) groups is 1. The molecular formula is C78H133NO13. The zero-order valence-corrected chi connectivity index (χ0v) is 57.5. The molecule has 528 valence electrons. The van der Waals surface area contributed by atoms with Crippen molar-refractivity contribution < 1.29 is 64.6 Å². The van der Waals surface area contributed by atoms with E-state index in [1.807, 2.05) is 6.08 Å². The Morgan fingerprint density at radius 2 is 0.750 bits per heavy atom. The fraction of sp³-hybridized carbons (Fsp3) is 0.731. The molecular weight excluding hydrogens is 1160 g/mol. The predicted molar refractivity (Wildman–Crippen MR) is 378 cm³/mol. The van der Waals surface area contributed by atoms with E-state index in [-0.39, 0.29) is 18.9 Å². The van der Waals surface area contributed by atoms with Gasteiger partial charge in [-0.15, -0.1) is 0 Å². The molecule has 2 aliphatic rings. The van der Waals surface area contributed by atoms with E-state index in [1.165, 1.54) is 135 Å². The normalized spacial score (nSPS) is 23.4. The summed E-state index contributed by atoms with van der Waals surface area (Å²) in [5, 5.41) is 87.5. The number of rotatable bonds is 59. The van der Waals surface area contributed by atoms with E-state index in [4.69, 9.17) is 18.9 Å². The first-order chi connectivity index (χ1) is 45.1. The fourth-order valence-corrected chi connectivity index (χ4v) is 11.3. The van der Waals surface area contributed by atoms with Crippen molar-refractivity contribution in [1.82, 2.24) is 5.32 Å². The molecule has 2 aliphatic heterocycles. The van der Waals surface area contributed by atoms with E-state index >= 15 is 0 Å². The molecule has 0 aliphatic carbocycles. The maximum absolute atomic E-state index is 13.3. The van der Waals surface area contributed by atoms with Crippen LogP contribution in [0.15, 0.2) is 122 Å². The van der Waals surface area contributed by atoms with Gasteiger partial charge in [0.05, 0.1) is 32.0 Å². The summed E-state index contributed by atoms with van der Waals surface area (Å²) in [7, 11) is 0. The van der Waals surface area contributed by atoms with Crippen LogP contribution in [0.25, 0.3) is 0 Å². The van der Waals surface area contributed by atoms with Gasteiger partial charge in [0.2, 0.25) is 5.91 Å². The van der Waals surface area contributed by atoms with Crippen LogP contribution in [-0.4, -0.2) is 140 Å². The lowest BCUT2D eigenvalue weighted by molar-refractivity contribution is -0.359. The molecule has 12 atom stereocenters. The highest BCUT2D eigenvalue weighted by Crippen LogP contribution is 2.30. The lowest BCUT2D eigenvalue weighted by Gasteiger charge is -2.46. The van der Waals surface area contributed by atoms with E-state index < -0.39 is 86.8 Å². The summed E-state index contributed by atoms with van der Waals surface area (Å²) in [6.45, 7) is 2.69. The molecule has 12 unspecified atom stereocenters. The van der Waals surface area contributed by atoms with Crippen LogP contribution in [0.2, 0.25) is 0 Å². The van der Waals surface area contributed by atoms with Crippen molar-refractivity contribution in [2.24, 2.45) is 0 Å². The van der Waals surface area contributed by atoms with Crippen molar-refractivity contribution in [1.29, 1.82) is 0 Å². The third-order valence-corrected chi connectivity index (χ3v) is 17.2. The van der Waals surface area contributed by atoms with Gasteiger partial charge in [-0.05, 0) is 89.9 Å². The van der Waals surface area contributed by atoms with Gasteiger partial charge in [-0.3, -0.25) is 4.79 Å². The second-order valence-corrected chi connectivity index (χ2v) is 25.3. The molecule has 2 heterocycles. The number of ether oxygens (including phenoxy) is 4. The summed E-state index contributed by atoms with van der Waals surface area (Å²) in [5.74, 6) is -0.261. The molecule has 2 saturated heterocycles. The highest BCUT2D eigenvalue weighted by molar-refractivity contribution is 5.76. The second-order valence-electron chi connectivity index (χ2n) is 25.3. The average Bonchev–Trinajstić information content (AvgIpc) is 0.829. The highest BCUT2D eigenvalue weighted by atomic mass is 16.7. The number of carbonyl (C=O) groups excluding carboxylic acids is 1. The van der Waals surface area contributed by atoms with Crippen molar-refractivity contribution in [3.8, 4) is 0 Å². The van der Waals surface area contributed by atoms with Crippen LogP contribution in [-0.2, 0) is 23.7 Å². The molecule has 2 fully saturated rings. The van der Waals surface area contributed by atoms with Crippen LogP contribution in [0.1, 0.15) is 271 Å². The topological polar surface area (TPSA) is 228 Å². The van der Waals surface area contributed by atoms with E-state index in [0.717, 1.165) is 109 Å². The van der Waals surface area contributed by atoms with Gasteiger partial charge >= 0.3 is 0 Å². The molecule has 0 bridgehead atoms. The Bertz CT molecular complexity index is 2010. The molecule has 92 heavy (non-hydrogen) atoms. The standard InChI is InChI=1S/C78H133NO13/c1-3-5-7-9-11-13-15-17-19-21-23-25-27-29-30-31-32-33-34-35-36-38-40-42-44-46-48-50-52-54-56-58-60-62-70(83)79-66(65-89-77-75(88)73(86)76(69(64-81)91-77)92-78-74(87)72(85)71(84)68(63-80)90-78)67(82)61-59-57-55-53-51-49-47-45-43-41-39-37-28-26-24-22-20-18-16-14-12-10-8-6-4-2/h5,7,11,13,17,19,23,25,29-30,32-33,35-36,40,42,46,48,59,61,66-69,71-78,80-82,84-88H,3-4,6,8-10,12,14-16,18,20-22,24,26-28,31,34,37-39,41,43-45,47,49-58,60,62-65H2,1-2H3,(H,79,83)/b7-5-,13-11-,19-17-,25-23-,30-29-,33-32-,36-35-,42-40-,48-46-,61-59+. The monoisotopic (exact) mass is 1290 g/mol. The Morgan fingerprint density at radius 3 is 1.15 bits per heavy atom. The van der Waals surface area contributed by atoms with Crippen LogP contribution < -0.4 is 5.32 Å². The number of amides is 1. The smallest absolute Gasteiger partial charge is 0.220 e. The van der Waals surface area contributed by atoms with Crippen LogP contribution in [0.5, 0.6) is 0 Å². The summed E-state index contributed by atoms with van der Waals surface area (Å²) in [6.07, 6.45) is 72.4. The maximum Gasteiger partial charge on any atom is 0.220 e. The lowest BCUT2D eigenvalue weighted by Crippen LogP contribution is -2.65. The Balaban J connectivity index is 1.69. The SMILES string of the molecule is CC/C=C\C/C=C\C/C=C\C/C=C\C/C=C\C/C=C\C/C=C\C/C=C\C/C=C\CCCCCCCC(=O)NC(COC1OC(CO)C(OC2OC(CO)C(O)C(O)C2O)C(O)C1O)C(O)/C=C/CCCCCCCCCCCCCCCCCCCCCCCCC. The van der Waals surface area contributed by atoms with E-state index in [1.54, 1.807) is 6.08 Å². The number of aliphatic hydroxyl groups excluding tert-OH is 8. The first-order valence-corrected chi connectivity index (χ1v) is 36.8. The number of hydrogen-bond donors (Lipinski definition) is 9. The van der Waals surface area contributed by atoms with Crippen LogP contribution in [0.3, 0.4) is 0 Å². The maximum atomic E-state index is 13.3. The van der Waals surface area contributed by atoms with Crippen molar-refractivity contribution >= 4 is 5.91 Å². The van der Waals surface area contributed by atoms with Gasteiger partial charge in [0.25, 0.3) is 0 Å². The molecule has 14 nitrogen and oxygen atoms in total. The van der Waals surface area contributed by atoms with Gasteiger partial charge in [-0.25, -0.2) is 0 Å². The minimum Gasteiger partial charge on any atom is -0.394 e. The lowest BCUT2D eigenvalue weighted by atomic mass is 9.97. The van der Waals surface area contributed by atoms with Crippen LogP contribution in [0, 0.1) is 0 Å². The van der Waals surface area contributed by atoms with Gasteiger partial charge in [0, 0.05) is 6.42 Å². The van der Waals surface area contributed by atoms with Crippen LogP contribution in [0.4, 0.5) is 0 Å². The van der Waals surface area contributed by atoms with Crippen molar-refractivity contribution in [3.63, 3.8) is 0 Å². The Labute approximate surface area is 558 Å². The van der Waals surface area contributed by atoms with Crippen molar-refractivity contribution in [2.45, 2.75) is 344 Å². The van der Waals surface area contributed by atoms with Gasteiger partial charge in [-0.1, -0.05) is 296 Å². The number of unbranched alkanes of at least 4 members (excludes halogenated alkanes) is 28. The molecule has 9 N–H and O–H groups in total. The average molecular weight is 1290 g/mol. The summed E-state index contributed by atoms with van der Waals surface area (Å²) >= 11 is 0. The van der Waals surface area contributed by atoms with Crippen molar-refractivity contribution in [3.05, 3.63) is 122 Å².